The van der Waals surface area contributed by atoms with Crippen LogP contribution < -0.4 is 0 Å². The predicted molar refractivity (Wildman–Crippen MR) is 72.9 cm³/mol. The average molecular weight is 241 g/mol. The second kappa shape index (κ2) is 4.58. The smallest absolute Gasteiger partial charge is 0.0829 e. The molecule has 0 amide bonds. The van der Waals surface area contributed by atoms with Gasteiger partial charge in [0, 0.05) is 6.20 Å². The van der Waals surface area contributed by atoms with Crippen molar-refractivity contribution in [1.29, 1.82) is 0 Å². The molecule has 1 aliphatic rings. The Morgan fingerprint density at radius 2 is 2.00 bits per heavy atom. The van der Waals surface area contributed by atoms with Crippen molar-refractivity contribution >= 4 is 0 Å². The summed E-state index contributed by atoms with van der Waals surface area (Å²) in [6.45, 7) is 3.34. The Balaban J connectivity index is 1.96. The molecule has 0 bridgehead atoms. The molecule has 0 N–H and O–H groups in total. The molecule has 1 aromatic heterocycles. The van der Waals surface area contributed by atoms with E-state index in [-0.39, 0.29) is 0 Å². The van der Waals surface area contributed by atoms with Gasteiger partial charge in [-0.1, -0.05) is 18.2 Å². The fourth-order valence-electron chi connectivity index (χ4n) is 2.77. The topological polar surface area (TPSA) is 21.1 Å². The highest BCUT2D eigenvalue weighted by molar-refractivity contribution is 5.33. The van der Waals surface area contributed by atoms with E-state index in [9.17, 15) is 0 Å². The van der Waals surface area contributed by atoms with Gasteiger partial charge in [-0.05, 0) is 51.1 Å². The highest BCUT2D eigenvalue weighted by Gasteiger charge is 2.26. The summed E-state index contributed by atoms with van der Waals surface area (Å²) in [5.74, 6) is 0. The summed E-state index contributed by atoms with van der Waals surface area (Å²) in [5, 5.41) is 4.79. The van der Waals surface area contributed by atoms with Crippen molar-refractivity contribution in [2.24, 2.45) is 0 Å². The van der Waals surface area contributed by atoms with Crippen LogP contribution in [0.5, 0.6) is 0 Å². The third-order valence-electron chi connectivity index (χ3n) is 3.79. The monoisotopic (exact) mass is 241 g/mol. The highest BCUT2D eigenvalue weighted by Crippen LogP contribution is 2.31. The van der Waals surface area contributed by atoms with Crippen LogP contribution >= 0.6 is 0 Å². The van der Waals surface area contributed by atoms with Crippen LogP contribution in [-0.2, 0) is 0 Å². The third kappa shape index (κ3) is 1.95. The molecule has 3 heteroatoms. The fraction of sp³-hybridized carbons (Fsp3) is 0.400. The first kappa shape index (κ1) is 11.5. The summed E-state index contributed by atoms with van der Waals surface area (Å²) < 4.78 is 2.00. The Hall–Kier alpha value is -1.61. The molecule has 3 rings (SSSR count). The third-order valence-corrected chi connectivity index (χ3v) is 3.79. The van der Waals surface area contributed by atoms with Crippen LogP contribution in [0.2, 0.25) is 0 Å². The minimum absolute atomic E-state index is 0.495. The Kier molecular flexibility index (Phi) is 2.92. The molecule has 1 aliphatic heterocycles. The SMILES string of the molecule is Cc1cn(-c2ccccc2)nc1[C@@H]1CCCN1C. The van der Waals surface area contributed by atoms with Crippen molar-refractivity contribution in [3.8, 4) is 5.69 Å². The molecule has 2 aromatic rings. The van der Waals surface area contributed by atoms with Gasteiger partial charge in [0.1, 0.15) is 0 Å². The number of aromatic nitrogens is 2. The lowest BCUT2D eigenvalue weighted by Crippen LogP contribution is -2.18. The molecular weight excluding hydrogens is 222 g/mol. The largest absolute Gasteiger partial charge is 0.298 e. The van der Waals surface area contributed by atoms with Gasteiger partial charge in [0.2, 0.25) is 0 Å². The Labute approximate surface area is 108 Å². The van der Waals surface area contributed by atoms with Crippen LogP contribution in [-0.4, -0.2) is 28.3 Å². The van der Waals surface area contributed by atoms with E-state index in [4.69, 9.17) is 5.10 Å². The van der Waals surface area contributed by atoms with Crippen molar-refractivity contribution in [1.82, 2.24) is 14.7 Å². The van der Waals surface area contributed by atoms with E-state index in [1.165, 1.54) is 30.6 Å². The van der Waals surface area contributed by atoms with Crippen molar-refractivity contribution in [2.75, 3.05) is 13.6 Å². The molecule has 0 spiro atoms. The van der Waals surface area contributed by atoms with Gasteiger partial charge in [-0.2, -0.15) is 5.10 Å². The van der Waals surface area contributed by atoms with Crippen LogP contribution in [0.4, 0.5) is 0 Å². The molecule has 1 atom stereocenters. The zero-order valence-corrected chi connectivity index (χ0v) is 11.0. The van der Waals surface area contributed by atoms with Gasteiger partial charge in [-0.25, -0.2) is 4.68 Å². The van der Waals surface area contributed by atoms with Gasteiger partial charge in [-0.3, -0.25) is 4.90 Å². The molecule has 0 aliphatic carbocycles. The van der Waals surface area contributed by atoms with Gasteiger partial charge in [0.25, 0.3) is 0 Å². The number of hydrogen-bond donors (Lipinski definition) is 0. The van der Waals surface area contributed by atoms with Crippen molar-refractivity contribution in [3.05, 3.63) is 47.8 Å². The summed E-state index contributed by atoms with van der Waals surface area (Å²) in [6.07, 6.45) is 4.64. The van der Waals surface area contributed by atoms with E-state index in [0.29, 0.717) is 6.04 Å². The molecule has 94 valence electrons. The average Bonchev–Trinajstić information content (AvgIpc) is 2.96. The first-order valence-electron chi connectivity index (χ1n) is 6.57. The molecule has 18 heavy (non-hydrogen) atoms. The van der Waals surface area contributed by atoms with Gasteiger partial charge in [-0.15, -0.1) is 0 Å². The maximum absolute atomic E-state index is 4.79. The number of para-hydroxylation sites is 1. The maximum atomic E-state index is 4.79. The maximum Gasteiger partial charge on any atom is 0.0829 e. The van der Waals surface area contributed by atoms with Gasteiger partial charge in [0.05, 0.1) is 17.4 Å². The van der Waals surface area contributed by atoms with Crippen LogP contribution in [0, 0.1) is 6.92 Å². The van der Waals surface area contributed by atoms with E-state index in [0.717, 1.165) is 5.69 Å². The predicted octanol–water partition coefficient (Wildman–Crippen LogP) is 2.95. The first-order valence-corrected chi connectivity index (χ1v) is 6.57. The van der Waals surface area contributed by atoms with Crippen LogP contribution in [0.15, 0.2) is 36.5 Å². The van der Waals surface area contributed by atoms with Crippen LogP contribution in [0.1, 0.15) is 30.1 Å². The summed E-state index contributed by atoms with van der Waals surface area (Å²) in [5.41, 5.74) is 3.66. The Bertz CT molecular complexity index is 530. The summed E-state index contributed by atoms with van der Waals surface area (Å²) in [4.78, 5) is 2.41. The molecule has 0 radical (unpaired) electrons. The molecule has 1 saturated heterocycles. The molecule has 1 aromatic carbocycles. The summed E-state index contributed by atoms with van der Waals surface area (Å²) in [7, 11) is 2.19. The number of nitrogens with zero attached hydrogens (tertiary/aromatic N) is 3. The van der Waals surface area contributed by atoms with Crippen molar-refractivity contribution in [2.45, 2.75) is 25.8 Å². The van der Waals surface area contributed by atoms with Gasteiger partial charge >= 0.3 is 0 Å². The molecule has 3 nitrogen and oxygen atoms in total. The molecular formula is C15H19N3. The standard InChI is InChI=1S/C15H19N3/c1-12-11-18(13-7-4-3-5-8-13)16-15(12)14-9-6-10-17(14)2/h3-5,7-8,11,14H,6,9-10H2,1-2H3/t14-/m0/s1. The van der Waals surface area contributed by atoms with Crippen molar-refractivity contribution < 1.29 is 0 Å². The number of benzene rings is 1. The molecule has 2 heterocycles. The normalized spacial score (nSPS) is 20.4. The summed E-state index contributed by atoms with van der Waals surface area (Å²) >= 11 is 0. The minimum Gasteiger partial charge on any atom is -0.298 e. The lowest BCUT2D eigenvalue weighted by molar-refractivity contribution is 0.310. The zero-order chi connectivity index (χ0) is 12.5. The second-order valence-electron chi connectivity index (χ2n) is 5.12. The van der Waals surface area contributed by atoms with Crippen molar-refractivity contribution in [3.63, 3.8) is 0 Å². The molecule has 0 unspecified atom stereocenters. The quantitative estimate of drug-likeness (QED) is 0.806. The van der Waals surface area contributed by atoms with Gasteiger partial charge in [0.15, 0.2) is 0 Å². The molecule has 0 saturated carbocycles. The van der Waals surface area contributed by atoms with Crippen LogP contribution in [0.25, 0.3) is 5.69 Å². The number of aryl methyl sites for hydroxylation is 1. The van der Waals surface area contributed by atoms with Gasteiger partial charge < -0.3 is 0 Å². The van der Waals surface area contributed by atoms with E-state index >= 15 is 0 Å². The number of hydrogen-bond acceptors (Lipinski definition) is 2. The molecule has 1 fully saturated rings. The number of rotatable bonds is 2. The fourth-order valence-corrected chi connectivity index (χ4v) is 2.77. The lowest BCUT2D eigenvalue weighted by atomic mass is 10.1. The second-order valence-corrected chi connectivity index (χ2v) is 5.12. The number of likely N-dealkylation sites (tertiary alicyclic amines) is 1. The van der Waals surface area contributed by atoms with E-state index < -0.39 is 0 Å². The first-order chi connectivity index (χ1) is 8.75. The van der Waals surface area contributed by atoms with E-state index in [1.807, 2.05) is 22.9 Å². The zero-order valence-electron chi connectivity index (χ0n) is 11.0. The van der Waals surface area contributed by atoms with E-state index in [1.54, 1.807) is 0 Å². The minimum atomic E-state index is 0.495. The Morgan fingerprint density at radius 3 is 2.67 bits per heavy atom. The van der Waals surface area contributed by atoms with E-state index in [2.05, 4.69) is 37.2 Å². The lowest BCUT2D eigenvalue weighted by Gasteiger charge is -2.17. The summed E-state index contributed by atoms with van der Waals surface area (Å²) in [6, 6.07) is 10.8. The Morgan fingerprint density at radius 1 is 1.22 bits per heavy atom. The highest BCUT2D eigenvalue weighted by atomic mass is 15.3. The van der Waals surface area contributed by atoms with Crippen LogP contribution in [0.3, 0.4) is 0 Å².